The van der Waals surface area contributed by atoms with E-state index in [0.717, 1.165) is 5.56 Å². The van der Waals surface area contributed by atoms with Crippen LogP contribution in [-0.4, -0.2) is 12.4 Å². The number of ether oxygens (including phenoxy) is 1. The number of carbonyl (C=O) groups is 1. The standard InChI is InChI=1S/C15H12Cl2O2/c16-12-6-7-15(17)11(8-12)9-13(18)10-19-14-4-2-1-3-5-14/h1-8H,9-10H2. The number of ketones is 1. The number of Topliss-reactive ketones (excluding diaryl/α,β-unsaturated/α-hetero) is 1. The number of carbonyl (C=O) groups excluding carboxylic acids is 1. The maximum absolute atomic E-state index is 11.8. The molecule has 0 N–H and O–H groups in total. The predicted octanol–water partition coefficient (Wildman–Crippen LogP) is 4.18. The molecule has 0 aliphatic heterocycles. The molecule has 0 aliphatic carbocycles. The second-order valence-electron chi connectivity index (χ2n) is 4.05. The van der Waals surface area contributed by atoms with Crippen molar-refractivity contribution in [1.29, 1.82) is 0 Å². The molecule has 0 saturated heterocycles. The van der Waals surface area contributed by atoms with Crippen molar-refractivity contribution in [3.63, 3.8) is 0 Å². The van der Waals surface area contributed by atoms with Gasteiger partial charge in [0.1, 0.15) is 12.4 Å². The summed E-state index contributed by atoms with van der Waals surface area (Å²) in [6.45, 7) is 0.0207. The topological polar surface area (TPSA) is 26.3 Å². The van der Waals surface area contributed by atoms with Gasteiger partial charge in [-0.15, -0.1) is 0 Å². The van der Waals surface area contributed by atoms with Gasteiger partial charge in [-0.3, -0.25) is 4.79 Å². The van der Waals surface area contributed by atoms with Crippen molar-refractivity contribution in [1.82, 2.24) is 0 Å². The van der Waals surface area contributed by atoms with Crippen LogP contribution in [0.3, 0.4) is 0 Å². The van der Waals surface area contributed by atoms with Crippen LogP contribution in [0.1, 0.15) is 5.56 Å². The van der Waals surface area contributed by atoms with E-state index in [2.05, 4.69) is 0 Å². The van der Waals surface area contributed by atoms with Crippen molar-refractivity contribution in [2.45, 2.75) is 6.42 Å². The maximum Gasteiger partial charge on any atom is 0.174 e. The first kappa shape index (κ1) is 13.9. The monoisotopic (exact) mass is 294 g/mol. The van der Waals surface area contributed by atoms with Crippen molar-refractivity contribution in [2.24, 2.45) is 0 Å². The molecule has 0 aliphatic rings. The lowest BCUT2D eigenvalue weighted by Gasteiger charge is -2.06. The zero-order valence-corrected chi connectivity index (χ0v) is 11.6. The average molecular weight is 295 g/mol. The third kappa shape index (κ3) is 4.27. The number of para-hydroxylation sites is 1. The summed E-state index contributed by atoms with van der Waals surface area (Å²) in [6, 6.07) is 14.3. The van der Waals surface area contributed by atoms with Gasteiger partial charge in [0.2, 0.25) is 0 Å². The highest BCUT2D eigenvalue weighted by atomic mass is 35.5. The minimum absolute atomic E-state index is 0.0207. The predicted molar refractivity (Wildman–Crippen MR) is 77.1 cm³/mol. The summed E-state index contributed by atoms with van der Waals surface area (Å²) in [4.78, 5) is 11.8. The van der Waals surface area contributed by atoms with Crippen LogP contribution in [0.2, 0.25) is 10.0 Å². The molecule has 2 aromatic rings. The molecular weight excluding hydrogens is 283 g/mol. The molecule has 0 atom stereocenters. The number of benzene rings is 2. The Morgan fingerprint density at radius 3 is 2.53 bits per heavy atom. The molecule has 0 heterocycles. The summed E-state index contributed by atoms with van der Waals surface area (Å²) < 4.78 is 5.38. The van der Waals surface area contributed by atoms with Gasteiger partial charge in [-0.1, -0.05) is 41.4 Å². The van der Waals surface area contributed by atoms with E-state index in [-0.39, 0.29) is 18.8 Å². The van der Waals surface area contributed by atoms with Crippen LogP contribution in [-0.2, 0) is 11.2 Å². The zero-order valence-electron chi connectivity index (χ0n) is 10.1. The molecule has 0 fully saturated rings. The normalized spacial score (nSPS) is 10.2. The Balaban J connectivity index is 1.93. The van der Waals surface area contributed by atoms with Gasteiger partial charge in [0.05, 0.1) is 0 Å². The second-order valence-corrected chi connectivity index (χ2v) is 4.90. The van der Waals surface area contributed by atoms with E-state index in [1.165, 1.54) is 0 Å². The molecule has 0 aromatic heterocycles. The molecule has 4 heteroatoms. The fourth-order valence-corrected chi connectivity index (χ4v) is 2.00. The third-order valence-electron chi connectivity index (χ3n) is 2.54. The molecule has 98 valence electrons. The fraction of sp³-hybridized carbons (Fsp3) is 0.133. The Kier molecular flexibility index (Phi) is 4.83. The van der Waals surface area contributed by atoms with Crippen LogP contribution in [0, 0.1) is 0 Å². The van der Waals surface area contributed by atoms with Crippen molar-refractivity contribution in [3.8, 4) is 5.75 Å². The summed E-state index contributed by atoms with van der Waals surface area (Å²) in [7, 11) is 0. The summed E-state index contributed by atoms with van der Waals surface area (Å²) >= 11 is 11.9. The largest absolute Gasteiger partial charge is 0.486 e. The second kappa shape index (κ2) is 6.60. The van der Waals surface area contributed by atoms with Crippen molar-refractivity contribution >= 4 is 29.0 Å². The van der Waals surface area contributed by atoms with Crippen molar-refractivity contribution in [3.05, 3.63) is 64.1 Å². The van der Waals surface area contributed by atoms with E-state index in [0.29, 0.717) is 15.8 Å². The van der Waals surface area contributed by atoms with Gasteiger partial charge >= 0.3 is 0 Å². The number of hydrogen-bond acceptors (Lipinski definition) is 2. The van der Waals surface area contributed by atoms with Gasteiger partial charge in [0.15, 0.2) is 5.78 Å². The number of rotatable bonds is 5. The van der Waals surface area contributed by atoms with Crippen LogP contribution >= 0.6 is 23.2 Å². The SMILES string of the molecule is O=C(COc1ccccc1)Cc1cc(Cl)ccc1Cl. The molecular formula is C15H12Cl2O2. The highest BCUT2D eigenvalue weighted by Gasteiger charge is 2.08. The molecule has 2 nitrogen and oxygen atoms in total. The summed E-state index contributed by atoms with van der Waals surface area (Å²) in [5, 5.41) is 1.11. The van der Waals surface area contributed by atoms with Crippen LogP contribution in [0.25, 0.3) is 0 Å². The van der Waals surface area contributed by atoms with E-state index >= 15 is 0 Å². The molecule has 19 heavy (non-hydrogen) atoms. The molecule has 0 amide bonds. The molecule has 0 unspecified atom stereocenters. The van der Waals surface area contributed by atoms with E-state index in [1.54, 1.807) is 30.3 Å². The van der Waals surface area contributed by atoms with Crippen LogP contribution in [0.4, 0.5) is 0 Å². The Bertz CT molecular complexity index is 568. The Hall–Kier alpha value is -1.51. The van der Waals surface area contributed by atoms with E-state index in [4.69, 9.17) is 27.9 Å². The third-order valence-corrected chi connectivity index (χ3v) is 3.14. The maximum atomic E-state index is 11.8. The molecule has 0 saturated carbocycles. The summed E-state index contributed by atoms with van der Waals surface area (Å²) in [5.41, 5.74) is 0.718. The first-order valence-electron chi connectivity index (χ1n) is 5.78. The van der Waals surface area contributed by atoms with Gasteiger partial charge in [0, 0.05) is 16.5 Å². The lowest BCUT2D eigenvalue weighted by atomic mass is 10.1. The minimum atomic E-state index is -0.0481. The van der Waals surface area contributed by atoms with Crippen LogP contribution in [0.15, 0.2) is 48.5 Å². The molecule has 2 rings (SSSR count). The number of hydrogen-bond donors (Lipinski definition) is 0. The highest BCUT2D eigenvalue weighted by Crippen LogP contribution is 2.21. The Morgan fingerprint density at radius 1 is 1.05 bits per heavy atom. The molecule has 2 aromatic carbocycles. The van der Waals surface area contributed by atoms with Gasteiger partial charge in [-0.05, 0) is 35.9 Å². The first-order chi connectivity index (χ1) is 9.15. The number of halogens is 2. The van der Waals surface area contributed by atoms with E-state index in [9.17, 15) is 4.79 Å². The smallest absolute Gasteiger partial charge is 0.174 e. The Morgan fingerprint density at radius 2 is 1.79 bits per heavy atom. The van der Waals surface area contributed by atoms with Gasteiger partial charge in [0.25, 0.3) is 0 Å². The van der Waals surface area contributed by atoms with E-state index in [1.807, 2.05) is 18.2 Å². The quantitative estimate of drug-likeness (QED) is 0.827. The Labute approximate surface area is 121 Å². The fourth-order valence-electron chi connectivity index (χ4n) is 1.62. The van der Waals surface area contributed by atoms with Gasteiger partial charge in [-0.25, -0.2) is 0 Å². The van der Waals surface area contributed by atoms with Gasteiger partial charge in [-0.2, -0.15) is 0 Å². The molecule has 0 spiro atoms. The zero-order chi connectivity index (χ0) is 13.7. The first-order valence-corrected chi connectivity index (χ1v) is 6.54. The van der Waals surface area contributed by atoms with Gasteiger partial charge < -0.3 is 4.74 Å². The highest BCUT2D eigenvalue weighted by molar-refractivity contribution is 6.33. The van der Waals surface area contributed by atoms with Crippen LogP contribution in [0.5, 0.6) is 5.75 Å². The van der Waals surface area contributed by atoms with Crippen molar-refractivity contribution in [2.75, 3.05) is 6.61 Å². The van der Waals surface area contributed by atoms with Crippen LogP contribution < -0.4 is 4.74 Å². The molecule has 0 radical (unpaired) electrons. The summed E-state index contributed by atoms with van der Waals surface area (Å²) in [5.74, 6) is 0.626. The van der Waals surface area contributed by atoms with E-state index < -0.39 is 0 Å². The molecule has 0 bridgehead atoms. The average Bonchev–Trinajstić information content (AvgIpc) is 2.42. The van der Waals surface area contributed by atoms with Crippen molar-refractivity contribution < 1.29 is 9.53 Å². The lowest BCUT2D eigenvalue weighted by molar-refractivity contribution is -0.120. The lowest BCUT2D eigenvalue weighted by Crippen LogP contribution is -2.14. The minimum Gasteiger partial charge on any atom is -0.486 e. The summed E-state index contributed by atoms with van der Waals surface area (Å²) in [6.07, 6.45) is 0.215.